The van der Waals surface area contributed by atoms with Crippen LogP contribution in [0.3, 0.4) is 0 Å². The molecule has 34 heavy (non-hydrogen) atoms. The highest BCUT2D eigenvalue weighted by atomic mass is 16.5. The molecule has 3 aliphatic rings. The van der Waals surface area contributed by atoms with Gasteiger partial charge in [-0.15, -0.1) is 0 Å². The second kappa shape index (κ2) is 10.6. The molecule has 3 N–H and O–H groups in total. The van der Waals surface area contributed by atoms with E-state index in [1.807, 2.05) is 0 Å². The Balaban J connectivity index is 0.000000297. The molecule has 0 radical (unpaired) electrons. The Labute approximate surface area is 198 Å². The first-order valence-electron chi connectivity index (χ1n) is 11.5. The third-order valence-corrected chi connectivity index (χ3v) is 6.29. The molecule has 0 saturated heterocycles. The van der Waals surface area contributed by atoms with Crippen LogP contribution < -0.4 is 19.7 Å². The van der Waals surface area contributed by atoms with E-state index in [1.54, 1.807) is 0 Å². The molecule has 3 aliphatic heterocycles. The van der Waals surface area contributed by atoms with Gasteiger partial charge in [-0.05, 0) is 72.8 Å². The molecule has 180 valence electrons. The van der Waals surface area contributed by atoms with E-state index in [9.17, 15) is 9.59 Å². The number of hydrogen-bond acceptors (Lipinski definition) is 6. The van der Waals surface area contributed by atoms with Gasteiger partial charge in [0.2, 0.25) is 0 Å². The van der Waals surface area contributed by atoms with Crippen LogP contribution in [0.1, 0.15) is 27.8 Å². The first kappa shape index (κ1) is 23.6. The molecule has 8 heteroatoms. The minimum Gasteiger partial charge on any atom is -0.493 e. The van der Waals surface area contributed by atoms with E-state index in [4.69, 9.17) is 19.7 Å². The van der Waals surface area contributed by atoms with Gasteiger partial charge in [-0.25, -0.2) is 9.59 Å². The molecular weight excluding hydrogens is 436 g/mol. The molecule has 0 atom stereocenters. The lowest BCUT2D eigenvalue weighted by atomic mass is 9.94. The van der Waals surface area contributed by atoms with E-state index >= 15 is 0 Å². The molecule has 0 aliphatic carbocycles. The Bertz CT molecular complexity index is 1090. The summed E-state index contributed by atoms with van der Waals surface area (Å²) in [7, 11) is 0. The summed E-state index contributed by atoms with van der Waals surface area (Å²) in [5, 5.41) is 19.1. The fourth-order valence-corrected chi connectivity index (χ4v) is 4.75. The number of ether oxygens (including phenoxy) is 2. The first-order valence-corrected chi connectivity index (χ1v) is 11.5. The molecule has 0 aromatic heterocycles. The minimum atomic E-state index is -1.26. The fraction of sp³-hybridized carbons (Fsp3) is 0.385. The number of nitrogens with one attached hydrogen (secondary N) is 1. The molecule has 2 aromatic rings. The standard InChI is InChI=1S/C22H26N2O2.C4H4O4/c1-15-19-5-8-23-7-4-17(19)13-21-22(15)24(9-11-26-21)14-16-2-3-20-18(12-16)6-10-25-20;5-3(6)1-2-4(7)8/h2-3,12-13,23H,4-11,14H2,1H3;1-2H,(H,5,6)(H,7,8)/b;2-1+. The van der Waals surface area contributed by atoms with Gasteiger partial charge in [0.05, 0.1) is 18.8 Å². The summed E-state index contributed by atoms with van der Waals surface area (Å²) in [6.45, 7) is 7.86. The number of fused-ring (bicyclic) bond motifs is 3. The maximum atomic E-state index is 9.55. The summed E-state index contributed by atoms with van der Waals surface area (Å²) in [5.41, 5.74) is 8.40. The molecule has 0 fully saturated rings. The molecule has 0 saturated carbocycles. The summed E-state index contributed by atoms with van der Waals surface area (Å²) in [6.07, 6.45) is 4.35. The monoisotopic (exact) mass is 466 g/mol. The van der Waals surface area contributed by atoms with Crippen molar-refractivity contribution in [1.82, 2.24) is 5.32 Å². The predicted octanol–water partition coefficient (Wildman–Crippen LogP) is 2.73. The third kappa shape index (κ3) is 5.51. The van der Waals surface area contributed by atoms with Crippen LogP contribution in [0.25, 0.3) is 0 Å². The van der Waals surface area contributed by atoms with Gasteiger partial charge in [-0.2, -0.15) is 0 Å². The third-order valence-electron chi connectivity index (χ3n) is 6.29. The van der Waals surface area contributed by atoms with Gasteiger partial charge in [0.1, 0.15) is 18.1 Å². The molecular formula is C26H30N2O6. The Kier molecular flexibility index (Phi) is 7.37. The molecule has 0 bridgehead atoms. The number of anilines is 1. The van der Waals surface area contributed by atoms with Gasteiger partial charge in [0.15, 0.2) is 0 Å². The minimum absolute atomic E-state index is 0.558. The topological polar surface area (TPSA) is 108 Å². The molecule has 8 nitrogen and oxygen atoms in total. The second-order valence-corrected chi connectivity index (χ2v) is 8.56. The Morgan fingerprint density at radius 3 is 2.47 bits per heavy atom. The zero-order valence-corrected chi connectivity index (χ0v) is 19.3. The van der Waals surface area contributed by atoms with E-state index in [-0.39, 0.29) is 0 Å². The van der Waals surface area contributed by atoms with Crippen LogP contribution in [-0.2, 0) is 35.4 Å². The Morgan fingerprint density at radius 2 is 1.71 bits per heavy atom. The summed E-state index contributed by atoms with van der Waals surface area (Å²) < 4.78 is 11.7. The number of nitrogens with zero attached hydrogens (tertiary/aromatic N) is 1. The van der Waals surface area contributed by atoms with Crippen molar-refractivity contribution in [2.75, 3.05) is 37.7 Å². The van der Waals surface area contributed by atoms with Crippen LogP contribution in [0.4, 0.5) is 5.69 Å². The highest BCUT2D eigenvalue weighted by Gasteiger charge is 2.25. The molecule has 0 amide bonds. The van der Waals surface area contributed by atoms with Crippen LogP contribution in [0, 0.1) is 6.92 Å². The smallest absolute Gasteiger partial charge is 0.328 e. The van der Waals surface area contributed by atoms with Crippen LogP contribution >= 0.6 is 0 Å². The number of carboxylic acids is 2. The molecule has 5 rings (SSSR count). The van der Waals surface area contributed by atoms with Crippen molar-refractivity contribution in [2.24, 2.45) is 0 Å². The molecule has 0 spiro atoms. The predicted molar refractivity (Wildman–Crippen MR) is 128 cm³/mol. The van der Waals surface area contributed by atoms with Crippen molar-refractivity contribution in [3.05, 3.63) is 64.2 Å². The first-order chi connectivity index (χ1) is 16.4. The van der Waals surface area contributed by atoms with Crippen molar-refractivity contribution in [2.45, 2.75) is 32.7 Å². The number of carbonyl (C=O) groups is 2. The number of aliphatic carboxylic acids is 2. The van der Waals surface area contributed by atoms with E-state index in [2.05, 4.69) is 41.4 Å². The van der Waals surface area contributed by atoms with Crippen LogP contribution in [0.5, 0.6) is 11.5 Å². The highest BCUT2D eigenvalue weighted by Crippen LogP contribution is 2.40. The van der Waals surface area contributed by atoms with Crippen molar-refractivity contribution >= 4 is 17.6 Å². The molecule has 3 heterocycles. The quantitative estimate of drug-likeness (QED) is 0.591. The largest absolute Gasteiger partial charge is 0.493 e. The van der Waals surface area contributed by atoms with E-state index in [0.29, 0.717) is 12.2 Å². The fourth-order valence-electron chi connectivity index (χ4n) is 4.75. The second-order valence-electron chi connectivity index (χ2n) is 8.56. The summed E-state index contributed by atoms with van der Waals surface area (Å²) in [6, 6.07) is 8.96. The van der Waals surface area contributed by atoms with Crippen molar-refractivity contribution in [3.8, 4) is 11.5 Å². The van der Waals surface area contributed by atoms with Gasteiger partial charge in [0.25, 0.3) is 0 Å². The molecule has 0 unspecified atom stereocenters. The van der Waals surface area contributed by atoms with Crippen molar-refractivity contribution < 1.29 is 29.3 Å². The normalized spacial score (nSPS) is 16.2. The lowest BCUT2D eigenvalue weighted by Crippen LogP contribution is -2.33. The summed E-state index contributed by atoms with van der Waals surface area (Å²) in [4.78, 5) is 21.6. The number of benzene rings is 2. The summed E-state index contributed by atoms with van der Waals surface area (Å²) >= 11 is 0. The van der Waals surface area contributed by atoms with Crippen molar-refractivity contribution in [1.29, 1.82) is 0 Å². The molecule has 2 aromatic carbocycles. The van der Waals surface area contributed by atoms with Gasteiger partial charge in [-0.3, -0.25) is 0 Å². The zero-order valence-electron chi connectivity index (χ0n) is 19.3. The van der Waals surface area contributed by atoms with E-state index in [0.717, 1.165) is 70.2 Å². The lowest BCUT2D eigenvalue weighted by molar-refractivity contribution is -0.134. The van der Waals surface area contributed by atoms with E-state index < -0.39 is 11.9 Å². The van der Waals surface area contributed by atoms with Crippen LogP contribution in [-0.4, -0.2) is 55.0 Å². The highest BCUT2D eigenvalue weighted by molar-refractivity contribution is 5.89. The van der Waals surface area contributed by atoms with Gasteiger partial charge in [-0.1, -0.05) is 12.1 Å². The Morgan fingerprint density at radius 1 is 0.971 bits per heavy atom. The zero-order chi connectivity index (χ0) is 24.1. The average molecular weight is 467 g/mol. The SMILES string of the molecule is Cc1c2c(cc3c1N(Cc1ccc4c(c1)CCO4)CCO3)CCNCC2.O=C(O)/C=C/C(=O)O. The maximum absolute atomic E-state index is 9.55. The number of hydrogen-bond donors (Lipinski definition) is 3. The van der Waals surface area contributed by atoms with Crippen LogP contribution in [0.2, 0.25) is 0 Å². The average Bonchev–Trinajstić information content (AvgIpc) is 3.14. The number of rotatable bonds is 4. The number of carboxylic acid groups (broad SMARTS) is 2. The van der Waals surface area contributed by atoms with Gasteiger partial charge >= 0.3 is 11.9 Å². The van der Waals surface area contributed by atoms with Crippen molar-refractivity contribution in [3.63, 3.8) is 0 Å². The van der Waals surface area contributed by atoms with Crippen LogP contribution in [0.15, 0.2) is 36.4 Å². The van der Waals surface area contributed by atoms with Gasteiger partial charge < -0.3 is 29.9 Å². The van der Waals surface area contributed by atoms with Gasteiger partial charge in [0, 0.05) is 25.1 Å². The van der Waals surface area contributed by atoms with E-state index in [1.165, 1.54) is 33.5 Å². The maximum Gasteiger partial charge on any atom is 0.328 e. The Hall–Kier alpha value is -3.52. The lowest BCUT2D eigenvalue weighted by Gasteiger charge is -2.34. The summed E-state index contributed by atoms with van der Waals surface area (Å²) in [5.74, 6) is -0.385.